The fraction of sp³-hybridized carbons (Fsp3) is 0.778. The Morgan fingerprint density at radius 3 is 2.30 bits per heavy atom. The maximum absolute atomic E-state index is 3.86. The highest BCUT2D eigenvalue weighted by atomic mass is 15.0. The van der Waals surface area contributed by atoms with E-state index >= 15 is 0 Å². The van der Waals surface area contributed by atoms with Crippen molar-refractivity contribution in [1.82, 2.24) is 9.88 Å². The van der Waals surface area contributed by atoms with E-state index in [9.17, 15) is 0 Å². The van der Waals surface area contributed by atoms with Crippen LogP contribution >= 0.6 is 0 Å². The quantitative estimate of drug-likeness (QED) is 0.884. The van der Waals surface area contributed by atoms with Crippen molar-refractivity contribution in [2.45, 2.75) is 58.0 Å². The van der Waals surface area contributed by atoms with Gasteiger partial charge in [0.1, 0.15) is 0 Å². The largest absolute Gasteiger partial charge is 0.353 e. The minimum absolute atomic E-state index is 0.625. The van der Waals surface area contributed by atoms with Gasteiger partial charge in [-0.15, -0.1) is 0 Å². The van der Waals surface area contributed by atoms with E-state index < -0.39 is 0 Å². The molecule has 4 bridgehead atoms. The van der Waals surface area contributed by atoms with E-state index in [4.69, 9.17) is 0 Å². The third kappa shape index (κ3) is 2.04. The number of nitrogens with one attached hydrogen (secondary N) is 1. The van der Waals surface area contributed by atoms with Crippen LogP contribution in [0.25, 0.3) is 0 Å². The number of hydrogen-bond donors (Lipinski definition) is 1. The highest BCUT2D eigenvalue weighted by molar-refractivity contribution is 5.08. The number of aryl methyl sites for hydroxylation is 1. The summed E-state index contributed by atoms with van der Waals surface area (Å²) in [5, 5.41) is 3.86. The molecule has 2 heteroatoms. The summed E-state index contributed by atoms with van der Waals surface area (Å²) in [5.74, 6) is 3.17. The molecule has 0 radical (unpaired) electrons. The van der Waals surface area contributed by atoms with Gasteiger partial charge in [0, 0.05) is 31.5 Å². The Labute approximate surface area is 122 Å². The van der Waals surface area contributed by atoms with Gasteiger partial charge < -0.3 is 9.88 Å². The molecule has 1 aromatic heterocycles. The number of aromatic nitrogens is 1. The van der Waals surface area contributed by atoms with Crippen LogP contribution in [0.15, 0.2) is 18.3 Å². The molecule has 4 aliphatic rings. The first kappa shape index (κ1) is 12.9. The van der Waals surface area contributed by atoms with Crippen LogP contribution in [-0.4, -0.2) is 10.6 Å². The maximum atomic E-state index is 3.86. The second-order valence-electron chi connectivity index (χ2n) is 7.99. The normalized spacial score (nSPS) is 40.2. The molecule has 0 aromatic carbocycles. The van der Waals surface area contributed by atoms with Crippen molar-refractivity contribution in [2.24, 2.45) is 30.2 Å². The van der Waals surface area contributed by atoms with Crippen molar-refractivity contribution in [3.05, 3.63) is 24.0 Å². The van der Waals surface area contributed by atoms with E-state index in [1.807, 2.05) is 0 Å². The Morgan fingerprint density at radius 1 is 1.20 bits per heavy atom. The van der Waals surface area contributed by atoms with Gasteiger partial charge >= 0.3 is 0 Å². The molecule has 1 atom stereocenters. The average molecular weight is 272 g/mol. The van der Waals surface area contributed by atoms with Gasteiger partial charge in [-0.1, -0.05) is 0 Å². The van der Waals surface area contributed by atoms with Crippen molar-refractivity contribution in [2.75, 3.05) is 0 Å². The summed E-state index contributed by atoms with van der Waals surface area (Å²) < 4.78 is 2.24. The van der Waals surface area contributed by atoms with Crippen molar-refractivity contribution in [3.63, 3.8) is 0 Å². The zero-order valence-electron chi connectivity index (χ0n) is 12.9. The van der Waals surface area contributed by atoms with Gasteiger partial charge in [0.05, 0.1) is 0 Å². The summed E-state index contributed by atoms with van der Waals surface area (Å²) in [4.78, 5) is 0. The predicted octanol–water partition coefficient (Wildman–Crippen LogP) is 3.72. The summed E-state index contributed by atoms with van der Waals surface area (Å²) in [6.45, 7) is 3.47. The molecule has 0 saturated heterocycles. The minimum atomic E-state index is 0.625. The molecular formula is C18H28N2. The molecule has 1 aromatic rings. The van der Waals surface area contributed by atoms with Crippen LogP contribution in [-0.2, 0) is 13.6 Å². The molecule has 1 heterocycles. The van der Waals surface area contributed by atoms with Gasteiger partial charge in [0.2, 0.25) is 0 Å². The summed E-state index contributed by atoms with van der Waals surface area (Å²) in [7, 11) is 2.15. The Balaban J connectivity index is 1.45. The molecule has 4 fully saturated rings. The lowest BCUT2D eigenvalue weighted by Crippen LogP contribution is -2.54. The molecule has 20 heavy (non-hydrogen) atoms. The summed E-state index contributed by atoms with van der Waals surface area (Å²) in [6.07, 6.45) is 11.3. The van der Waals surface area contributed by atoms with Gasteiger partial charge in [-0.05, 0) is 80.8 Å². The van der Waals surface area contributed by atoms with E-state index in [0.29, 0.717) is 11.5 Å². The minimum Gasteiger partial charge on any atom is -0.353 e. The summed E-state index contributed by atoms with van der Waals surface area (Å²) in [6, 6.07) is 5.05. The molecule has 0 spiro atoms. The Kier molecular flexibility index (Phi) is 2.99. The van der Waals surface area contributed by atoms with Crippen LogP contribution in [0.2, 0.25) is 0 Å². The van der Waals surface area contributed by atoms with E-state index in [0.717, 1.165) is 24.3 Å². The summed E-state index contributed by atoms with van der Waals surface area (Å²) in [5.41, 5.74) is 2.03. The third-order valence-corrected chi connectivity index (χ3v) is 6.64. The van der Waals surface area contributed by atoms with Crippen molar-refractivity contribution in [3.8, 4) is 0 Å². The van der Waals surface area contributed by atoms with Crippen LogP contribution in [0, 0.1) is 23.2 Å². The van der Waals surface area contributed by atoms with Crippen molar-refractivity contribution in [1.29, 1.82) is 0 Å². The van der Waals surface area contributed by atoms with Gasteiger partial charge in [-0.25, -0.2) is 0 Å². The van der Waals surface area contributed by atoms with Crippen LogP contribution in [0.4, 0.5) is 0 Å². The fourth-order valence-electron chi connectivity index (χ4n) is 5.86. The maximum Gasteiger partial charge on any atom is 0.0361 e. The zero-order valence-corrected chi connectivity index (χ0v) is 12.9. The van der Waals surface area contributed by atoms with E-state index in [1.165, 1.54) is 25.0 Å². The van der Waals surface area contributed by atoms with Gasteiger partial charge in [0.25, 0.3) is 0 Å². The molecular weight excluding hydrogens is 244 g/mol. The molecule has 0 amide bonds. The lowest BCUT2D eigenvalue weighted by molar-refractivity contribution is -0.0707. The van der Waals surface area contributed by atoms with E-state index in [1.54, 1.807) is 19.3 Å². The third-order valence-electron chi connectivity index (χ3n) is 6.64. The second-order valence-corrected chi connectivity index (χ2v) is 7.99. The average Bonchev–Trinajstić information content (AvgIpc) is 2.80. The standard InChI is InChI=1S/C18H28N2/c1-13(19-12-17-4-3-5-20(17)2)18-9-14-6-15(10-18)8-16(7-14)11-18/h3-5,13-16,19H,6-12H2,1-2H3/t13-,14?,15?,16?,18?/m0/s1. The highest BCUT2D eigenvalue weighted by Crippen LogP contribution is 2.61. The topological polar surface area (TPSA) is 17.0 Å². The number of nitrogens with zero attached hydrogens (tertiary/aromatic N) is 1. The molecule has 4 saturated carbocycles. The van der Waals surface area contributed by atoms with Crippen LogP contribution < -0.4 is 5.32 Å². The zero-order chi connectivity index (χ0) is 13.7. The van der Waals surface area contributed by atoms with Gasteiger partial charge in [-0.3, -0.25) is 0 Å². The van der Waals surface area contributed by atoms with Crippen LogP contribution in [0.1, 0.15) is 51.1 Å². The molecule has 1 N–H and O–H groups in total. The number of rotatable bonds is 4. The molecule has 110 valence electrons. The smallest absolute Gasteiger partial charge is 0.0361 e. The first-order valence-corrected chi connectivity index (χ1v) is 8.48. The first-order valence-electron chi connectivity index (χ1n) is 8.48. The van der Waals surface area contributed by atoms with Gasteiger partial charge in [-0.2, -0.15) is 0 Å². The lowest BCUT2D eigenvalue weighted by Gasteiger charge is -2.59. The monoisotopic (exact) mass is 272 g/mol. The molecule has 5 rings (SSSR count). The molecule has 4 aliphatic carbocycles. The predicted molar refractivity (Wildman–Crippen MR) is 82.3 cm³/mol. The fourth-order valence-corrected chi connectivity index (χ4v) is 5.86. The summed E-state index contributed by atoms with van der Waals surface area (Å²) >= 11 is 0. The van der Waals surface area contributed by atoms with E-state index in [2.05, 4.69) is 42.2 Å². The van der Waals surface area contributed by atoms with Crippen molar-refractivity contribution >= 4 is 0 Å². The highest BCUT2D eigenvalue weighted by Gasteiger charge is 2.52. The Morgan fingerprint density at radius 2 is 1.80 bits per heavy atom. The van der Waals surface area contributed by atoms with Gasteiger partial charge in [0.15, 0.2) is 0 Å². The molecule has 0 unspecified atom stereocenters. The SMILES string of the molecule is C[C@H](NCc1cccn1C)C12CC3CC(CC(C3)C1)C2. The number of hydrogen-bond acceptors (Lipinski definition) is 1. The van der Waals surface area contributed by atoms with E-state index in [-0.39, 0.29) is 0 Å². The Bertz CT molecular complexity index is 452. The molecule has 2 nitrogen and oxygen atoms in total. The van der Waals surface area contributed by atoms with Crippen molar-refractivity contribution < 1.29 is 0 Å². The first-order chi connectivity index (χ1) is 9.64. The van der Waals surface area contributed by atoms with Crippen LogP contribution in [0.5, 0.6) is 0 Å². The second kappa shape index (κ2) is 4.62. The lowest BCUT2D eigenvalue weighted by atomic mass is 9.48. The Hall–Kier alpha value is -0.760. The van der Waals surface area contributed by atoms with Crippen LogP contribution in [0.3, 0.4) is 0 Å². The molecule has 0 aliphatic heterocycles.